The first-order chi connectivity index (χ1) is 10.2. The van der Waals surface area contributed by atoms with E-state index in [2.05, 4.69) is 0 Å². The Bertz CT molecular complexity index is 730. The third-order valence-electron chi connectivity index (χ3n) is 3.49. The highest BCUT2D eigenvalue weighted by Gasteiger charge is 2.23. The van der Waals surface area contributed by atoms with Crippen molar-refractivity contribution in [2.75, 3.05) is 20.1 Å². The number of fused-ring (bicyclic) bond motifs is 1. The second-order valence-electron chi connectivity index (χ2n) is 6.12. The molecule has 1 aromatic heterocycles. The maximum absolute atomic E-state index is 12.5. The number of nitro groups is 1. The number of carbonyl (C=O) groups excluding carboxylic acids is 1. The van der Waals surface area contributed by atoms with Gasteiger partial charge < -0.3 is 10.6 Å². The Hall–Kier alpha value is -1.70. The van der Waals surface area contributed by atoms with Crippen LogP contribution in [-0.4, -0.2) is 35.9 Å². The minimum absolute atomic E-state index is 0. The second-order valence-corrected chi connectivity index (χ2v) is 7.20. The number of thiophene rings is 1. The van der Waals surface area contributed by atoms with E-state index in [0.29, 0.717) is 23.4 Å². The Morgan fingerprint density at radius 2 is 2.04 bits per heavy atom. The predicted molar refractivity (Wildman–Crippen MR) is 95.5 cm³/mol. The molecule has 6 nitrogen and oxygen atoms in total. The molecule has 0 atom stereocenters. The van der Waals surface area contributed by atoms with Gasteiger partial charge in [-0.1, -0.05) is 13.8 Å². The van der Waals surface area contributed by atoms with Crippen LogP contribution in [0, 0.1) is 15.5 Å². The topological polar surface area (TPSA) is 89.5 Å². The van der Waals surface area contributed by atoms with Crippen LogP contribution in [0.4, 0.5) is 5.69 Å². The molecule has 1 heterocycles. The molecule has 0 aliphatic carbocycles. The van der Waals surface area contributed by atoms with Crippen LogP contribution in [0.15, 0.2) is 24.3 Å². The van der Waals surface area contributed by atoms with Crippen molar-refractivity contribution in [3.63, 3.8) is 0 Å². The molecule has 0 bridgehead atoms. The minimum Gasteiger partial charge on any atom is -0.340 e. The summed E-state index contributed by atoms with van der Waals surface area (Å²) in [4.78, 5) is 25.1. The molecule has 23 heavy (non-hydrogen) atoms. The Morgan fingerprint density at radius 3 is 2.61 bits per heavy atom. The van der Waals surface area contributed by atoms with Gasteiger partial charge in [0.15, 0.2) is 0 Å². The van der Waals surface area contributed by atoms with E-state index in [9.17, 15) is 14.9 Å². The van der Waals surface area contributed by atoms with Gasteiger partial charge >= 0.3 is 0 Å². The third kappa shape index (κ3) is 4.40. The molecule has 0 spiro atoms. The van der Waals surface area contributed by atoms with E-state index in [1.165, 1.54) is 23.5 Å². The molecular formula is C15H20ClN3O3S. The van der Waals surface area contributed by atoms with Gasteiger partial charge in [-0.15, -0.1) is 23.7 Å². The summed E-state index contributed by atoms with van der Waals surface area (Å²) >= 11 is 1.34. The summed E-state index contributed by atoms with van der Waals surface area (Å²) in [7, 11) is 1.74. The zero-order chi connectivity index (χ0) is 16.5. The summed E-state index contributed by atoms with van der Waals surface area (Å²) in [6.45, 7) is 5.05. The fraction of sp³-hybridized carbons (Fsp3) is 0.400. The van der Waals surface area contributed by atoms with Gasteiger partial charge in [0.05, 0.1) is 9.80 Å². The molecular weight excluding hydrogens is 338 g/mol. The third-order valence-corrected chi connectivity index (χ3v) is 4.59. The minimum atomic E-state index is -0.436. The van der Waals surface area contributed by atoms with Crippen molar-refractivity contribution in [2.45, 2.75) is 13.8 Å². The van der Waals surface area contributed by atoms with Crippen LogP contribution >= 0.6 is 23.7 Å². The highest BCUT2D eigenvalue weighted by atomic mass is 35.5. The molecule has 0 aliphatic rings. The Balaban J connectivity index is 0.00000264. The molecule has 1 amide bonds. The standard InChI is InChI=1S/C15H19N3O3S.ClH/c1-15(2,8-16)9-17(3)14(19)13-7-10-6-11(18(20)21)4-5-12(10)22-13;/h4-7H,8-9,16H2,1-3H3;1H. The molecule has 2 N–H and O–H groups in total. The number of non-ortho nitro benzene ring substituents is 1. The number of carbonyl (C=O) groups is 1. The van der Waals surface area contributed by atoms with Crippen molar-refractivity contribution in [3.8, 4) is 0 Å². The van der Waals surface area contributed by atoms with Crippen LogP contribution in [0.2, 0.25) is 0 Å². The van der Waals surface area contributed by atoms with Crippen molar-refractivity contribution in [1.29, 1.82) is 0 Å². The molecule has 2 rings (SSSR count). The average molecular weight is 358 g/mol. The summed E-state index contributed by atoms with van der Waals surface area (Å²) in [5.74, 6) is -0.0922. The van der Waals surface area contributed by atoms with Crippen LogP contribution < -0.4 is 5.73 Å². The summed E-state index contributed by atoms with van der Waals surface area (Å²) < 4.78 is 0.862. The van der Waals surface area contributed by atoms with Crippen LogP contribution in [0.3, 0.4) is 0 Å². The first-order valence-corrected chi connectivity index (χ1v) is 7.69. The van der Waals surface area contributed by atoms with Gasteiger partial charge in [0.25, 0.3) is 11.6 Å². The first kappa shape index (κ1) is 19.3. The summed E-state index contributed by atoms with van der Waals surface area (Å²) in [5, 5.41) is 11.5. The van der Waals surface area contributed by atoms with Gasteiger partial charge in [-0.3, -0.25) is 14.9 Å². The lowest BCUT2D eigenvalue weighted by Crippen LogP contribution is -2.39. The van der Waals surface area contributed by atoms with E-state index in [0.717, 1.165) is 4.70 Å². The highest BCUT2D eigenvalue weighted by Crippen LogP contribution is 2.30. The lowest BCUT2D eigenvalue weighted by atomic mass is 9.93. The lowest BCUT2D eigenvalue weighted by Gasteiger charge is -2.28. The van der Waals surface area contributed by atoms with Crippen molar-refractivity contribution in [3.05, 3.63) is 39.3 Å². The van der Waals surface area contributed by atoms with Gasteiger partial charge in [-0.25, -0.2) is 0 Å². The summed E-state index contributed by atoms with van der Waals surface area (Å²) in [5.41, 5.74) is 5.58. The molecule has 8 heteroatoms. The summed E-state index contributed by atoms with van der Waals surface area (Å²) in [6, 6.07) is 6.33. The molecule has 0 fully saturated rings. The normalized spacial score (nSPS) is 11.1. The van der Waals surface area contributed by atoms with Gasteiger partial charge in [-0.05, 0) is 24.1 Å². The van der Waals surface area contributed by atoms with Crippen LogP contribution in [0.1, 0.15) is 23.5 Å². The Kier molecular flexibility index (Phi) is 6.10. The molecule has 1 aromatic carbocycles. The lowest BCUT2D eigenvalue weighted by molar-refractivity contribution is -0.384. The van der Waals surface area contributed by atoms with E-state index < -0.39 is 4.92 Å². The molecule has 0 aliphatic heterocycles. The van der Waals surface area contributed by atoms with Gasteiger partial charge in [0.2, 0.25) is 0 Å². The smallest absolute Gasteiger partial charge is 0.270 e. The van der Waals surface area contributed by atoms with E-state index in [1.807, 2.05) is 13.8 Å². The number of benzene rings is 1. The van der Waals surface area contributed by atoms with Crippen molar-refractivity contribution in [1.82, 2.24) is 4.90 Å². The maximum atomic E-state index is 12.5. The zero-order valence-electron chi connectivity index (χ0n) is 13.2. The fourth-order valence-electron chi connectivity index (χ4n) is 2.22. The fourth-order valence-corrected chi connectivity index (χ4v) is 3.25. The Morgan fingerprint density at radius 1 is 1.39 bits per heavy atom. The van der Waals surface area contributed by atoms with Crippen molar-refractivity contribution < 1.29 is 9.72 Å². The zero-order valence-corrected chi connectivity index (χ0v) is 14.9. The molecule has 0 unspecified atom stereocenters. The molecule has 2 aromatic rings. The maximum Gasteiger partial charge on any atom is 0.270 e. The van der Waals surface area contributed by atoms with E-state index >= 15 is 0 Å². The molecule has 0 saturated heterocycles. The molecule has 126 valence electrons. The monoisotopic (exact) mass is 357 g/mol. The number of amides is 1. The quantitative estimate of drug-likeness (QED) is 0.656. The van der Waals surface area contributed by atoms with E-state index in [1.54, 1.807) is 24.1 Å². The Labute approximate surface area is 144 Å². The van der Waals surface area contributed by atoms with Crippen LogP contribution in [0.25, 0.3) is 10.1 Å². The number of halogens is 1. The second kappa shape index (κ2) is 7.25. The predicted octanol–water partition coefficient (Wildman–Crippen LogP) is 3.29. The number of nitrogens with two attached hydrogens (primary N) is 1. The largest absolute Gasteiger partial charge is 0.340 e. The number of nitrogens with zero attached hydrogens (tertiary/aromatic N) is 2. The summed E-state index contributed by atoms with van der Waals surface area (Å²) in [6.07, 6.45) is 0. The highest BCUT2D eigenvalue weighted by molar-refractivity contribution is 7.20. The van der Waals surface area contributed by atoms with Crippen LogP contribution in [-0.2, 0) is 0 Å². The van der Waals surface area contributed by atoms with Crippen molar-refractivity contribution in [2.24, 2.45) is 11.1 Å². The van der Waals surface area contributed by atoms with Gasteiger partial charge in [0.1, 0.15) is 0 Å². The number of nitro benzene ring substituents is 1. The number of hydrogen-bond acceptors (Lipinski definition) is 5. The van der Waals surface area contributed by atoms with Crippen LogP contribution in [0.5, 0.6) is 0 Å². The van der Waals surface area contributed by atoms with Crippen molar-refractivity contribution >= 4 is 45.4 Å². The van der Waals surface area contributed by atoms with Gasteiger partial charge in [0, 0.05) is 35.8 Å². The van der Waals surface area contributed by atoms with Gasteiger partial charge in [-0.2, -0.15) is 0 Å². The molecule has 0 radical (unpaired) electrons. The van der Waals surface area contributed by atoms with E-state index in [4.69, 9.17) is 5.73 Å². The average Bonchev–Trinajstić information content (AvgIpc) is 2.88. The SMILES string of the molecule is CN(CC(C)(C)CN)C(=O)c1cc2cc([N+](=O)[O-])ccc2s1.Cl. The molecule has 0 saturated carbocycles. The van der Waals surface area contributed by atoms with E-state index in [-0.39, 0.29) is 29.4 Å². The number of rotatable bonds is 5. The number of hydrogen-bond donors (Lipinski definition) is 1. The first-order valence-electron chi connectivity index (χ1n) is 6.87.